The highest BCUT2D eigenvalue weighted by Crippen LogP contribution is 2.24. The van der Waals surface area contributed by atoms with Gasteiger partial charge in [-0.25, -0.2) is 4.79 Å². The fourth-order valence-corrected chi connectivity index (χ4v) is 1.14. The van der Waals surface area contributed by atoms with E-state index in [1.165, 1.54) is 12.1 Å². The molecule has 0 heterocycles. The zero-order chi connectivity index (χ0) is 12.0. The van der Waals surface area contributed by atoms with Crippen LogP contribution in [0.3, 0.4) is 0 Å². The van der Waals surface area contributed by atoms with Crippen LogP contribution in [0.1, 0.15) is 5.56 Å². The van der Waals surface area contributed by atoms with Crippen molar-refractivity contribution < 1.29 is 19.7 Å². The Hall–Kier alpha value is -1.95. The van der Waals surface area contributed by atoms with Crippen molar-refractivity contribution in [3.05, 3.63) is 23.8 Å². The molecule has 0 aliphatic rings. The molecule has 0 saturated heterocycles. The Labute approximate surface area is 92.6 Å². The number of amides is 1. The summed E-state index contributed by atoms with van der Waals surface area (Å²) in [6, 6.07) is 4.54. The highest BCUT2D eigenvalue weighted by Gasteiger charge is 2.00. The Balaban J connectivity index is 2.27. The zero-order valence-corrected chi connectivity index (χ0v) is 8.64. The number of aromatic hydroxyl groups is 2. The van der Waals surface area contributed by atoms with Crippen molar-refractivity contribution in [2.75, 3.05) is 13.2 Å². The summed E-state index contributed by atoms with van der Waals surface area (Å²) in [6.45, 7) is 1.15. The minimum Gasteiger partial charge on any atom is -0.504 e. The van der Waals surface area contributed by atoms with Gasteiger partial charge in [0.05, 0.1) is 0 Å². The number of hydrogen-bond acceptors (Lipinski definition) is 5. The Morgan fingerprint density at radius 1 is 1.38 bits per heavy atom. The number of nitrogens with two attached hydrogens (primary N) is 1. The van der Waals surface area contributed by atoms with Gasteiger partial charge in [0.1, 0.15) is 6.61 Å². The molecule has 0 unspecified atom stereocenters. The van der Waals surface area contributed by atoms with Crippen molar-refractivity contribution in [3.8, 4) is 11.5 Å². The summed E-state index contributed by atoms with van der Waals surface area (Å²) in [4.78, 5) is 10.2. The number of hydrogen-bond donors (Lipinski definition) is 4. The van der Waals surface area contributed by atoms with Crippen molar-refractivity contribution in [2.45, 2.75) is 6.54 Å². The molecule has 88 valence electrons. The minimum absolute atomic E-state index is 0.152. The summed E-state index contributed by atoms with van der Waals surface area (Å²) in [5.41, 5.74) is 5.59. The van der Waals surface area contributed by atoms with E-state index in [0.717, 1.165) is 5.56 Å². The normalized spacial score (nSPS) is 10.0. The summed E-state index contributed by atoms with van der Waals surface area (Å²) < 4.78 is 4.51. The first-order valence-corrected chi connectivity index (χ1v) is 4.73. The molecular formula is C10H14N2O4. The van der Waals surface area contributed by atoms with Gasteiger partial charge < -0.3 is 26.0 Å². The van der Waals surface area contributed by atoms with Crippen LogP contribution in [0.25, 0.3) is 0 Å². The fraction of sp³-hybridized carbons (Fsp3) is 0.300. The second-order valence-electron chi connectivity index (χ2n) is 3.17. The minimum atomic E-state index is -0.802. The van der Waals surface area contributed by atoms with Crippen molar-refractivity contribution in [3.63, 3.8) is 0 Å². The van der Waals surface area contributed by atoms with Gasteiger partial charge >= 0.3 is 6.09 Å². The van der Waals surface area contributed by atoms with E-state index in [9.17, 15) is 9.90 Å². The quantitative estimate of drug-likeness (QED) is 0.426. The van der Waals surface area contributed by atoms with Crippen LogP contribution in [0.15, 0.2) is 18.2 Å². The lowest BCUT2D eigenvalue weighted by atomic mass is 10.2. The molecule has 0 aromatic heterocycles. The molecule has 0 saturated carbocycles. The maximum atomic E-state index is 10.2. The van der Waals surface area contributed by atoms with Crippen molar-refractivity contribution in [2.24, 2.45) is 5.73 Å². The monoisotopic (exact) mass is 226 g/mol. The van der Waals surface area contributed by atoms with Crippen LogP contribution in [0, 0.1) is 0 Å². The average molecular weight is 226 g/mol. The number of phenols is 2. The van der Waals surface area contributed by atoms with Crippen LogP contribution in [0.4, 0.5) is 4.79 Å². The molecule has 16 heavy (non-hydrogen) atoms. The topological polar surface area (TPSA) is 105 Å². The molecule has 0 atom stereocenters. The largest absolute Gasteiger partial charge is 0.504 e. The first-order valence-electron chi connectivity index (χ1n) is 4.73. The number of nitrogens with one attached hydrogen (secondary N) is 1. The molecular weight excluding hydrogens is 212 g/mol. The summed E-state index contributed by atoms with van der Waals surface area (Å²) in [7, 11) is 0. The van der Waals surface area contributed by atoms with E-state index in [-0.39, 0.29) is 18.1 Å². The summed E-state index contributed by atoms with van der Waals surface area (Å²) in [5.74, 6) is -0.312. The van der Waals surface area contributed by atoms with Gasteiger partial charge in [-0.15, -0.1) is 0 Å². The number of phenolic OH excluding ortho intramolecular Hbond substituents is 2. The van der Waals surface area contributed by atoms with Gasteiger partial charge in [0.2, 0.25) is 0 Å². The Kier molecular flexibility index (Phi) is 4.41. The third-order valence-electron chi connectivity index (χ3n) is 1.89. The number of ether oxygens (including phenoxy) is 1. The van der Waals surface area contributed by atoms with Gasteiger partial charge in [-0.1, -0.05) is 6.07 Å². The third kappa shape index (κ3) is 4.05. The lowest BCUT2D eigenvalue weighted by Gasteiger charge is -2.06. The first kappa shape index (κ1) is 12.1. The number of carbonyl (C=O) groups is 1. The molecule has 0 spiro atoms. The van der Waals surface area contributed by atoms with E-state index >= 15 is 0 Å². The highest BCUT2D eigenvalue weighted by atomic mass is 16.5. The molecule has 0 bridgehead atoms. The maximum absolute atomic E-state index is 10.2. The van der Waals surface area contributed by atoms with Crippen LogP contribution < -0.4 is 11.1 Å². The van der Waals surface area contributed by atoms with E-state index in [1.807, 2.05) is 0 Å². The number of benzene rings is 1. The molecule has 1 aromatic rings. The van der Waals surface area contributed by atoms with Crippen LogP contribution in [0.2, 0.25) is 0 Å². The molecule has 0 fully saturated rings. The highest BCUT2D eigenvalue weighted by molar-refractivity contribution is 5.64. The lowest BCUT2D eigenvalue weighted by molar-refractivity contribution is 0.157. The van der Waals surface area contributed by atoms with Gasteiger partial charge in [-0.2, -0.15) is 0 Å². The van der Waals surface area contributed by atoms with E-state index < -0.39 is 6.09 Å². The summed E-state index contributed by atoms with van der Waals surface area (Å²) >= 11 is 0. The van der Waals surface area contributed by atoms with Crippen molar-refractivity contribution >= 4 is 6.09 Å². The maximum Gasteiger partial charge on any atom is 0.404 e. The van der Waals surface area contributed by atoms with E-state index in [2.05, 4.69) is 10.1 Å². The zero-order valence-electron chi connectivity index (χ0n) is 8.64. The molecule has 1 amide bonds. The number of rotatable bonds is 5. The van der Waals surface area contributed by atoms with Gasteiger partial charge in [0.15, 0.2) is 11.5 Å². The summed E-state index contributed by atoms with van der Waals surface area (Å²) in [6.07, 6.45) is -0.802. The summed E-state index contributed by atoms with van der Waals surface area (Å²) in [5, 5.41) is 21.3. The van der Waals surface area contributed by atoms with Crippen LogP contribution in [-0.2, 0) is 11.3 Å². The molecule has 0 radical (unpaired) electrons. The molecule has 0 aliphatic heterocycles. The van der Waals surface area contributed by atoms with Crippen LogP contribution in [-0.4, -0.2) is 29.5 Å². The standard InChI is InChI=1S/C10H14N2O4/c11-10(15)16-4-3-12-6-7-1-2-8(13)9(14)5-7/h1-2,5,12-14H,3-4,6H2,(H2,11,15). The predicted molar refractivity (Wildman–Crippen MR) is 57.0 cm³/mol. The third-order valence-corrected chi connectivity index (χ3v) is 1.89. The lowest BCUT2D eigenvalue weighted by Crippen LogP contribution is -2.23. The van der Waals surface area contributed by atoms with Crippen LogP contribution >= 0.6 is 0 Å². The Morgan fingerprint density at radius 2 is 2.12 bits per heavy atom. The predicted octanol–water partition coefficient (Wildman–Crippen LogP) is 0.283. The van der Waals surface area contributed by atoms with Crippen molar-refractivity contribution in [1.82, 2.24) is 5.32 Å². The van der Waals surface area contributed by atoms with E-state index in [1.54, 1.807) is 6.07 Å². The van der Waals surface area contributed by atoms with Gasteiger partial charge in [0, 0.05) is 13.1 Å². The Bertz CT molecular complexity index is 368. The smallest absolute Gasteiger partial charge is 0.404 e. The number of carbonyl (C=O) groups excluding carboxylic acids is 1. The van der Waals surface area contributed by atoms with Crippen LogP contribution in [0.5, 0.6) is 11.5 Å². The molecule has 5 N–H and O–H groups in total. The molecule has 6 nitrogen and oxygen atoms in total. The second-order valence-corrected chi connectivity index (χ2v) is 3.17. The van der Waals surface area contributed by atoms with Gasteiger partial charge in [0.25, 0.3) is 0 Å². The Morgan fingerprint density at radius 3 is 2.75 bits per heavy atom. The van der Waals surface area contributed by atoms with E-state index in [0.29, 0.717) is 13.1 Å². The SMILES string of the molecule is NC(=O)OCCNCc1ccc(O)c(O)c1. The number of primary amides is 1. The van der Waals surface area contributed by atoms with E-state index in [4.69, 9.17) is 10.8 Å². The molecule has 1 aromatic carbocycles. The molecule has 1 rings (SSSR count). The molecule has 6 heteroatoms. The molecule has 0 aliphatic carbocycles. The first-order chi connectivity index (χ1) is 7.59. The van der Waals surface area contributed by atoms with Crippen molar-refractivity contribution in [1.29, 1.82) is 0 Å². The van der Waals surface area contributed by atoms with Gasteiger partial charge in [-0.05, 0) is 17.7 Å². The van der Waals surface area contributed by atoms with Gasteiger partial charge in [-0.3, -0.25) is 0 Å². The fourth-order valence-electron chi connectivity index (χ4n) is 1.14. The average Bonchev–Trinajstić information content (AvgIpc) is 2.22. The second kappa shape index (κ2) is 5.82.